The summed E-state index contributed by atoms with van der Waals surface area (Å²) in [4.78, 5) is 15.3. The zero-order chi connectivity index (χ0) is 21.5. The van der Waals surface area contributed by atoms with Crippen LogP contribution < -0.4 is 10.5 Å². The maximum Gasteiger partial charge on any atom is 0.237 e. The summed E-state index contributed by atoms with van der Waals surface area (Å²) in [6.45, 7) is 4.58. The van der Waals surface area contributed by atoms with Gasteiger partial charge in [0, 0.05) is 13.2 Å². The van der Waals surface area contributed by atoms with E-state index in [-0.39, 0.29) is 35.3 Å². The summed E-state index contributed by atoms with van der Waals surface area (Å²) in [6.07, 6.45) is 7.46. The molecule has 3 aliphatic carbocycles. The Hall–Kier alpha value is -2.08. The lowest BCUT2D eigenvalue weighted by atomic mass is 9.65. The SMILES string of the molecule is COC1CCC2(CC1)Cc1ccc(OCC3CC3)cc1C2C(=O)N(C(=N)N)C(C)C. The molecule has 0 aliphatic heterocycles. The number of ether oxygens (including phenoxy) is 2. The molecule has 1 amide bonds. The number of carbonyl (C=O) groups is 1. The van der Waals surface area contributed by atoms with Crippen LogP contribution in [-0.2, 0) is 16.0 Å². The number of methoxy groups -OCH3 is 1. The Morgan fingerprint density at radius 3 is 2.53 bits per heavy atom. The highest BCUT2D eigenvalue weighted by Crippen LogP contribution is 2.56. The Balaban J connectivity index is 1.68. The third kappa shape index (κ3) is 3.94. The first-order valence-electron chi connectivity index (χ1n) is 11.3. The predicted octanol–water partition coefficient (Wildman–Crippen LogP) is 3.82. The fourth-order valence-electron chi connectivity index (χ4n) is 5.46. The van der Waals surface area contributed by atoms with Crippen molar-refractivity contribution in [1.82, 2.24) is 4.90 Å². The van der Waals surface area contributed by atoms with Gasteiger partial charge in [-0.1, -0.05) is 6.07 Å². The standard InChI is InChI=1S/C24H35N3O3/c1-15(2)27(23(25)26)22(28)21-20-12-19(30-14-16-4-5-16)7-6-17(20)13-24(21)10-8-18(29-3)9-11-24/h6-7,12,15-16,18,21H,4-5,8-11,13-14H2,1-3H3,(H3,25,26). The molecule has 0 radical (unpaired) electrons. The Kier molecular flexibility index (Phi) is 5.80. The van der Waals surface area contributed by atoms with E-state index in [0.29, 0.717) is 5.92 Å². The van der Waals surface area contributed by atoms with Crippen LogP contribution in [0.4, 0.5) is 0 Å². The van der Waals surface area contributed by atoms with Gasteiger partial charge in [0.05, 0.1) is 18.6 Å². The van der Waals surface area contributed by atoms with Crippen LogP contribution in [0.2, 0.25) is 0 Å². The topological polar surface area (TPSA) is 88.6 Å². The van der Waals surface area contributed by atoms with Gasteiger partial charge in [0.25, 0.3) is 0 Å². The zero-order valence-corrected chi connectivity index (χ0v) is 18.4. The molecule has 0 heterocycles. The number of amides is 1. The number of carbonyl (C=O) groups excluding carboxylic acids is 1. The molecular formula is C24H35N3O3. The van der Waals surface area contributed by atoms with E-state index in [1.807, 2.05) is 19.9 Å². The summed E-state index contributed by atoms with van der Waals surface area (Å²) in [5, 5.41) is 8.03. The van der Waals surface area contributed by atoms with Crippen LogP contribution in [-0.4, -0.2) is 42.6 Å². The van der Waals surface area contributed by atoms with Crippen LogP contribution in [0.25, 0.3) is 0 Å². The minimum atomic E-state index is -0.291. The molecule has 2 saturated carbocycles. The van der Waals surface area contributed by atoms with Crippen LogP contribution in [0.15, 0.2) is 18.2 Å². The molecule has 3 N–H and O–H groups in total. The second-order valence-corrected chi connectivity index (χ2v) is 9.71. The fraction of sp³-hybridized carbons (Fsp3) is 0.667. The highest BCUT2D eigenvalue weighted by molar-refractivity contribution is 5.99. The average Bonchev–Trinajstić information content (AvgIpc) is 3.47. The number of benzene rings is 1. The molecule has 3 aliphatic rings. The van der Waals surface area contributed by atoms with E-state index in [4.69, 9.17) is 20.6 Å². The quantitative estimate of drug-likeness (QED) is 0.548. The Bertz CT molecular complexity index is 810. The first-order chi connectivity index (χ1) is 14.3. The van der Waals surface area contributed by atoms with Gasteiger partial charge in [0.2, 0.25) is 5.91 Å². The number of nitrogens with one attached hydrogen (secondary N) is 1. The van der Waals surface area contributed by atoms with Crippen molar-refractivity contribution in [1.29, 1.82) is 5.41 Å². The zero-order valence-electron chi connectivity index (χ0n) is 18.4. The molecule has 6 nitrogen and oxygen atoms in total. The number of hydrogen-bond acceptors (Lipinski definition) is 4. The molecule has 0 aromatic heterocycles. The minimum absolute atomic E-state index is 0.0496. The van der Waals surface area contributed by atoms with E-state index in [0.717, 1.165) is 50.0 Å². The van der Waals surface area contributed by atoms with Crippen molar-refractivity contribution >= 4 is 11.9 Å². The summed E-state index contributed by atoms with van der Waals surface area (Å²) in [5.74, 6) is 1.01. The van der Waals surface area contributed by atoms with E-state index in [1.165, 1.54) is 23.3 Å². The fourth-order valence-corrected chi connectivity index (χ4v) is 5.46. The van der Waals surface area contributed by atoms with Gasteiger partial charge in [-0.25, -0.2) is 0 Å². The number of nitrogens with zero attached hydrogens (tertiary/aromatic N) is 1. The second-order valence-electron chi connectivity index (χ2n) is 9.71. The Labute approximate surface area is 179 Å². The van der Waals surface area contributed by atoms with Crippen LogP contribution in [0, 0.1) is 16.7 Å². The van der Waals surface area contributed by atoms with Crippen LogP contribution >= 0.6 is 0 Å². The van der Waals surface area contributed by atoms with Crippen molar-refractivity contribution in [2.24, 2.45) is 17.1 Å². The van der Waals surface area contributed by atoms with E-state index in [2.05, 4.69) is 12.1 Å². The molecule has 0 bridgehead atoms. The largest absolute Gasteiger partial charge is 0.493 e. The summed E-state index contributed by atoms with van der Waals surface area (Å²) < 4.78 is 11.6. The van der Waals surface area contributed by atoms with Crippen molar-refractivity contribution in [3.05, 3.63) is 29.3 Å². The molecule has 1 spiro atoms. The molecule has 6 heteroatoms. The molecule has 4 rings (SSSR count). The number of guanidine groups is 1. The van der Waals surface area contributed by atoms with Gasteiger partial charge in [-0.05, 0) is 93.4 Å². The summed E-state index contributed by atoms with van der Waals surface area (Å²) >= 11 is 0. The van der Waals surface area contributed by atoms with E-state index in [9.17, 15) is 4.79 Å². The summed E-state index contributed by atoms with van der Waals surface area (Å²) in [5.41, 5.74) is 8.01. The second kappa shape index (κ2) is 8.22. The van der Waals surface area contributed by atoms with Crippen LogP contribution in [0.1, 0.15) is 69.4 Å². The highest BCUT2D eigenvalue weighted by atomic mass is 16.5. The third-order valence-corrected chi connectivity index (χ3v) is 7.29. The van der Waals surface area contributed by atoms with Crippen molar-refractivity contribution in [3.63, 3.8) is 0 Å². The van der Waals surface area contributed by atoms with Gasteiger partial charge in [-0.3, -0.25) is 15.1 Å². The van der Waals surface area contributed by atoms with E-state index in [1.54, 1.807) is 7.11 Å². The van der Waals surface area contributed by atoms with Gasteiger partial charge < -0.3 is 15.2 Å². The van der Waals surface area contributed by atoms with Gasteiger partial charge in [-0.15, -0.1) is 0 Å². The maximum atomic E-state index is 13.8. The molecule has 0 saturated heterocycles. The number of hydrogen-bond donors (Lipinski definition) is 2. The van der Waals surface area contributed by atoms with Gasteiger partial charge >= 0.3 is 0 Å². The lowest BCUT2D eigenvalue weighted by Gasteiger charge is -2.42. The van der Waals surface area contributed by atoms with Gasteiger partial charge in [0.15, 0.2) is 5.96 Å². The van der Waals surface area contributed by atoms with Crippen molar-refractivity contribution in [2.45, 2.75) is 76.9 Å². The Morgan fingerprint density at radius 2 is 1.97 bits per heavy atom. The molecule has 1 aromatic rings. The number of rotatable bonds is 6. The smallest absolute Gasteiger partial charge is 0.237 e. The predicted molar refractivity (Wildman–Crippen MR) is 117 cm³/mol. The van der Waals surface area contributed by atoms with Gasteiger partial charge in [0.1, 0.15) is 5.75 Å². The highest BCUT2D eigenvalue weighted by Gasteiger charge is 2.52. The monoisotopic (exact) mass is 413 g/mol. The molecule has 30 heavy (non-hydrogen) atoms. The van der Waals surface area contributed by atoms with Gasteiger partial charge in [-0.2, -0.15) is 0 Å². The average molecular weight is 414 g/mol. The molecule has 1 unspecified atom stereocenters. The lowest BCUT2D eigenvalue weighted by molar-refractivity contribution is -0.134. The van der Waals surface area contributed by atoms with Crippen LogP contribution in [0.3, 0.4) is 0 Å². The first-order valence-corrected chi connectivity index (χ1v) is 11.3. The number of nitrogens with two attached hydrogens (primary N) is 1. The summed E-state index contributed by atoms with van der Waals surface area (Å²) in [7, 11) is 1.77. The molecule has 164 valence electrons. The van der Waals surface area contributed by atoms with Crippen molar-refractivity contribution in [2.75, 3.05) is 13.7 Å². The molecular weight excluding hydrogens is 378 g/mol. The molecule has 2 fully saturated rings. The summed E-state index contributed by atoms with van der Waals surface area (Å²) in [6, 6.07) is 6.12. The third-order valence-electron chi connectivity index (χ3n) is 7.29. The first kappa shape index (κ1) is 21.2. The van der Waals surface area contributed by atoms with Crippen molar-refractivity contribution < 1.29 is 14.3 Å². The van der Waals surface area contributed by atoms with E-state index >= 15 is 0 Å². The van der Waals surface area contributed by atoms with Crippen molar-refractivity contribution in [3.8, 4) is 5.75 Å². The lowest BCUT2D eigenvalue weighted by Crippen LogP contribution is -2.50. The minimum Gasteiger partial charge on any atom is -0.493 e. The normalized spacial score (nSPS) is 27.9. The maximum absolute atomic E-state index is 13.8. The number of fused-ring (bicyclic) bond motifs is 1. The molecule has 1 aromatic carbocycles. The Morgan fingerprint density at radius 1 is 1.27 bits per heavy atom. The van der Waals surface area contributed by atoms with E-state index < -0.39 is 0 Å². The molecule has 1 atom stereocenters. The van der Waals surface area contributed by atoms with Crippen LogP contribution in [0.5, 0.6) is 5.75 Å².